The van der Waals surface area contributed by atoms with Crippen molar-refractivity contribution in [1.29, 1.82) is 0 Å². The van der Waals surface area contributed by atoms with Crippen LogP contribution in [0.4, 0.5) is 14.9 Å². The van der Waals surface area contributed by atoms with Crippen molar-refractivity contribution in [2.75, 3.05) is 5.32 Å². The zero-order valence-electron chi connectivity index (χ0n) is 26.1. The molecule has 2 aliphatic carbocycles. The highest BCUT2D eigenvalue weighted by Crippen LogP contribution is 2.53. The monoisotopic (exact) mass is 612 g/mol. The lowest BCUT2D eigenvalue weighted by Crippen LogP contribution is -2.51. The van der Waals surface area contributed by atoms with Crippen LogP contribution in [-0.4, -0.2) is 42.7 Å². The average molecular weight is 613 g/mol. The van der Waals surface area contributed by atoms with Crippen molar-refractivity contribution in [3.8, 4) is 16.9 Å². The Bertz CT molecular complexity index is 1840. The first-order valence-corrected chi connectivity index (χ1v) is 15.2. The van der Waals surface area contributed by atoms with Gasteiger partial charge in [-0.1, -0.05) is 23.4 Å². The van der Waals surface area contributed by atoms with Crippen LogP contribution in [0, 0.1) is 25.6 Å². The molecule has 234 valence electrons. The van der Waals surface area contributed by atoms with E-state index in [-0.39, 0.29) is 23.1 Å². The summed E-state index contributed by atoms with van der Waals surface area (Å²) in [6, 6.07) is 14.8. The summed E-state index contributed by atoms with van der Waals surface area (Å²) in [5.41, 5.74) is 1.76. The molecule has 4 aromatic rings. The summed E-state index contributed by atoms with van der Waals surface area (Å²) in [6.07, 6.45) is 4.39. The molecule has 2 bridgehead atoms. The van der Waals surface area contributed by atoms with Gasteiger partial charge in [0.2, 0.25) is 0 Å². The van der Waals surface area contributed by atoms with Crippen LogP contribution in [0.2, 0.25) is 0 Å². The van der Waals surface area contributed by atoms with E-state index in [0.717, 1.165) is 25.7 Å². The first-order valence-electron chi connectivity index (χ1n) is 15.2. The number of fused-ring (bicyclic) bond motifs is 2. The molecule has 2 aliphatic rings. The SMILES string of the molecule is Cc1cc(=O)n(-c2ccccc2)c(C)c1C(=O)NC12CCC(CC1n1cc(-c3cc(NC(=O)OC(C)(C)C)ccc3F)nn1)C2. The standard InChI is InChI=1S/C34H37FN6O4/c1-20-15-29(42)41(24-9-7-6-8-10-24)21(2)30(20)31(43)37-34-14-13-22(18-34)16-28(34)40-19-27(38-39-40)25-17-23(11-12-26(25)35)36-32(44)45-33(3,4)5/h6-12,15,17,19,22,28H,13-14,16,18H2,1-5H3,(H,36,44)(H,37,43). The third-order valence-corrected chi connectivity index (χ3v) is 8.82. The Labute approximate surface area is 260 Å². The van der Waals surface area contributed by atoms with Crippen molar-refractivity contribution in [2.24, 2.45) is 5.92 Å². The number of rotatable bonds is 6. The van der Waals surface area contributed by atoms with Crippen LogP contribution in [0.15, 0.2) is 65.6 Å². The van der Waals surface area contributed by atoms with Crippen LogP contribution in [0.3, 0.4) is 0 Å². The van der Waals surface area contributed by atoms with Gasteiger partial charge in [0.25, 0.3) is 11.5 Å². The zero-order chi connectivity index (χ0) is 32.1. The van der Waals surface area contributed by atoms with Crippen molar-refractivity contribution in [3.05, 3.63) is 93.8 Å². The van der Waals surface area contributed by atoms with Crippen LogP contribution in [0.5, 0.6) is 0 Å². The molecule has 2 N–H and O–H groups in total. The molecule has 10 nitrogen and oxygen atoms in total. The van der Waals surface area contributed by atoms with Crippen LogP contribution in [-0.2, 0) is 4.74 Å². The summed E-state index contributed by atoms with van der Waals surface area (Å²) in [4.78, 5) is 39.3. The Morgan fingerprint density at radius 1 is 1.09 bits per heavy atom. The summed E-state index contributed by atoms with van der Waals surface area (Å²) in [5.74, 6) is -0.344. The van der Waals surface area contributed by atoms with Crippen molar-refractivity contribution >= 4 is 17.7 Å². The summed E-state index contributed by atoms with van der Waals surface area (Å²) < 4.78 is 23.6. The minimum Gasteiger partial charge on any atom is -0.444 e. The van der Waals surface area contributed by atoms with Gasteiger partial charge in [0.15, 0.2) is 0 Å². The number of nitrogens with one attached hydrogen (secondary N) is 2. The molecular formula is C34H37FN6O4. The van der Waals surface area contributed by atoms with Crippen LogP contribution >= 0.6 is 0 Å². The summed E-state index contributed by atoms with van der Waals surface area (Å²) in [7, 11) is 0. The molecular weight excluding hydrogens is 575 g/mol. The number of benzene rings is 2. The number of carbonyl (C=O) groups excluding carboxylic acids is 2. The fraction of sp³-hybridized carbons (Fsp3) is 0.382. The van der Waals surface area contributed by atoms with Crippen molar-refractivity contribution in [2.45, 2.75) is 77.5 Å². The predicted molar refractivity (Wildman–Crippen MR) is 168 cm³/mol. The molecule has 3 unspecified atom stereocenters. The van der Waals surface area contributed by atoms with E-state index in [1.54, 1.807) is 50.1 Å². The number of hydrogen-bond donors (Lipinski definition) is 2. The fourth-order valence-corrected chi connectivity index (χ4v) is 6.97. The van der Waals surface area contributed by atoms with Crippen molar-refractivity contribution in [3.63, 3.8) is 0 Å². The smallest absolute Gasteiger partial charge is 0.412 e. The van der Waals surface area contributed by atoms with E-state index in [2.05, 4.69) is 20.9 Å². The number of nitrogens with zero attached hydrogens (tertiary/aromatic N) is 4. The second kappa shape index (κ2) is 11.3. The lowest BCUT2D eigenvalue weighted by Gasteiger charge is -2.36. The molecule has 45 heavy (non-hydrogen) atoms. The quantitative estimate of drug-likeness (QED) is 0.271. The highest BCUT2D eigenvalue weighted by Gasteiger charge is 2.54. The minimum absolute atomic E-state index is 0.186. The minimum atomic E-state index is -0.679. The molecule has 0 spiro atoms. The maximum absolute atomic E-state index is 15.0. The Balaban J connectivity index is 1.27. The lowest BCUT2D eigenvalue weighted by molar-refractivity contribution is 0.0635. The number of hydrogen-bond acceptors (Lipinski definition) is 6. The number of pyridine rings is 1. The molecule has 2 aromatic carbocycles. The number of carbonyl (C=O) groups is 2. The number of anilines is 1. The van der Waals surface area contributed by atoms with Crippen LogP contribution in [0.25, 0.3) is 16.9 Å². The molecule has 2 fully saturated rings. The maximum Gasteiger partial charge on any atom is 0.412 e. The van der Waals surface area contributed by atoms with Gasteiger partial charge in [-0.2, -0.15) is 0 Å². The van der Waals surface area contributed by atoms with Gasteiger partial charge in [0.1, 0.15) is 17.1 Å². The zero-order valence-corrected chi connectivity index (χ0v) is 26.1. The largest absolute Gasteiger partial charge is 0.444 e. The maximum atomic E-state index is 15.0. The number of amides is 2. The fourth-order valence-electron chi connectivity index (χ4n) is 6.97. The second-order valence-electron chi connectivity index (χ2n) is 13.2. The van der Waals surface area contributed by atoms with Crippen LogP contribution in [0.1, 0.15) is 74.1 Å². The first-order chi connectivity index (χ1) is 21.3. The molecule has 2 amide bonds. The summed E-state index contributed by atoms with van der Waals surface area (Å²) in [5, 5.41) is 14.7. The predicted octanol–water partition coefficient (Wildman–Crippen LogP) is 6.11. The molecule has 2 heterocycles. The number of halogens is 1. The molecule has 6 rings (SSSR count). The normalized spacial score (nSPS) is 20.7. The van der Waals surface area contributed by atoms with Gasteiger partial charge in [-0.3, -0.25) is 19.5 Å². The van der Waals surface area contributed by atoms with E-state index in [4.69, 9.17) is 4.74 Å². The Morgan fingerprint density at radius 3 is 2.56 bits per heavy atom. The first kappa shape index (κ1) is 30.2. The van der Waals surface area contributed by atoms with Gasteiger partial charge >= 0.3 is 6.09 Å². The molecule has 2 saturated carbocycles. The summed E-state index contributed by atoms with van der Waals surface area (Å²) >= 11 is 0. The van der Waals surface area contributed by atoms with E-state index in [1.807, 2.05) is 30.3 Å². The van der Waals surface area contributed by atoms with E-state index < -0.39 is 23.1 Å². The number of para-hydroxylation sites is 1. The Hall–Kier alpha value is -4.80. The number of aryl methyl sites for hydroxylation is 1. The van der Waals surface area contributed by atoms with E-state index >= 15 is 0 Å². The highest BCUT2D eigenvalue weighted by atomic mass is 19.1. The number of ether oxygens (including phenoxy) is 1. The third-order valence-electron chi connectivity index (χ3n) is 8.82. The van der Waals surface area contributed by atoms with Gasteiger partial charge in [0.05, 0.1) is 23.3 Å². The van der Waals surface area contributed by atoms with Gasteiger partial charge in [-0.15, -0.1) is 5.10 Å². The van der Waals surface area contributed by atoms with Gasteiger partial charge < -0.3 is 10.1 Å². The van der Waals surface area contributed by atoms with Gasteiger partial charge in [0, 0.05) is 28.7 Å². The third kappa shape index (κ3) is 5.86. The Kier molecular flexibility index (Phi) is 7.58. The van der Waals surface area contributed by atoms with Crippen LogP contribution < -0.4 is 16.2 Å². The van der Waals surface area contributed by atoms with Gasteiger partial charge in [-0.25, -0.2) is 13.9 Å². The topological polar surface area (TPSA) is 120 Å². The highest BCUT2D eigenvalue weighted by molar-refractivity contribution is 5.97. The number of aromatic nitrogens is 4. The molecule has 0 radical (unpaired) electrons. The van der Waals surface area contributed by atoms with E-state index in [1.165, 1.54) is 24.3 Å². The van der Waals surface area contributed by atoms with Gasteiger partial charge in [-0.05, 0) is 102 Å². The molecule has 0 saturated heterocycles. The van der Waals surface area contributed by atoms with Crippen molar-refractivity contribution in [1.82, 2.24) is 24.9 Å². The molecule has 3 atom stereocenters. The second-order valence-corrected chi connectivity index (χ2v) is 13.2. The lowest BCUT2D eigenvalue weighted by atomic mass is 9.87. The molecule has 11 heteroatoms. The molecule has 0 aliphatic heterocycles. The average Bonchev–Trinajstić information content (AvgIpc) is 3.68. The molecule has 2 aromatic heterocycles. The Morgan fingerprint density at radius 2 is 1.84 bits per heavy atom. The van der Waals surface area contributed by atoms with Crippen molar-refractivity contribution < 1.29 is 18.7 Å². The summed E-state index contributed by atoms with van der Waals surface area (Å²) in [6.45, 7) is 8.86. The van der Waals surface area contributed by atoms with E-state index in [0.29, 0.717) is 39.8 Å². The van der Waals surface area contributed by atoms with E-state index in [9.17, 15) is 18.8 Å².